The van der Waals surface area contributed by atoms with Crippen LogP contribution in [-0.4, -0.2) is 32.1 Å². The molecule has 1 aliphatic rings. The van der Waals surface area contributed by atoms with E-state index < -0.39 is 18.5 Å². The van der Waals surface area contributed by atoms with Crippen molar-refractivity contribution in [3.8, 4) is 0 Å². The Balaban J connectivity index is -0.000000146. The molecule has 0 aromatic carbocycles. The van der Waals surface area contributed by atoms with Gasteiger partial charge in [0.25, 0.3) is 5.92 Å². The Morgan fingerprint density at radius 2 is 0.808 bits per heavy atom. The van der Waals surface area contributed by atoms with Gasteiger partial charge >= 0.3 is 26.3 Å². The summed E-state index contributed by atoms with van der Waals surface area (Å²) in [5.74, 6) is 1.36. The number of halogens is 7. The monoisotopic (exact) mass is 588 g/mol. The molecule has 0 bridgehead atoms. The Bertz CT molecular complexity index is 301. The zero-order chi connectivity index (χ0) is 20.0. The molecule has 1 fully saturated rings. The van der Waals surface area contributed by atoms with Crippen molar-refractivity contribution in [2.75, 3.05) is 20.0 Å². The molecular formula is C17H27F7IrP+. The number of alkyl halides is 5. The third-order valence-electron chi connectivity index (χ3n) is 3.41. The summed E-state index contributed by atoms with van der Waals surface area (Å²) in [6.45, 7) is 17.7. The fourth-order valence-electron chi connectivity index (χ4n) is 1.51. The van der Waals surface area contributed by atoms with E-state index in [9.17, 15) is 30.7 Å². The van der Waals surface area contributed by atoms with Crippen LogP contribution in [0.4, 0.5) is 30.7 Å². The van der Waals surface area contributed by atoms with E-state index in [-0.39, 0.29) is 27.5 Å². The maximum absolute atomic E-state index is 11.1. The van der Waals surface area contributed by atoms with Gasteiger partial charge in [0.15, 0.2) is 0 Å². The van der Waals surface area contributed by atoms with Crippen molar-refractivity contribution in [3.05, 3.63) is 43.4 Å². The summed E-state index contributed by atoms with van der Waals surface area (Å²) in [4.78, 5) is 0. The van der Waals surface area contributed by atoms with Crippen LogP contribution >= 0.6 is 7.92 Å². The molecule has 9 heteroatoms. The molecule has 0 amide bonds. The summed E-state index contributed by atoms with van der Waals surface area (Å²) < 4.78 is 76.3. The molecule has 0 unspecified atom stereocenters. The van der Waals surface area contributed by atoms with Crippen LogP contribution in [0.3, 0.4) is 0 Å². The summed E-state index contributed by atoms with van der Waals surface area (Å²) >= 11 is 0. The standard InChI is InChI=1S/C10H15.C3F7.C3H9P.CH3.Ir/c1-6-7(2)9(4)10(5)8(6)3;4-1(5)2(6,7)3(8,9)10;1-4(2)3;;/h1-5H3;;1-3H3;1H3;/q;-1;;-1;+3. The predicted octanol–water partition coefficient (Wildman–Crippen LogP) is 7.39. The first-order valence-corrected chi connectivity index (χ1v) is 9.60. The van der Waals surface area contributed by atoms with Gasteiger partial charge in [0.1, 0.15) is 0 Å². The zero-order valence-electron chi connectivity index (χ0n) is 16.4. The first-order chi connectivity index (χ1) is 10.5. The van der Waals surface area contributed by atoms with Crippen LogP contribution in [0.1, 0.15) is 34.6 Å². The molecule has 0 N–H and O–H groups in total. The Morgan fingerprint density at radius 1 is 0.654 bits per heavy atom. The second kappa shape index (κ2) is 13.7. The van der Waals surface area contributed by atoms with Crippen molar-refractivity contribution >= 4 is 7.92 Å². The summed E-state index contributed by atoms with van der Waals surface area (Å²) in [6, 6.07) is 0. The van der Waals surface area contributed by atoms with Crippen molar-refractivity contribution in [3.63, 3.8) is 0 Å². The molecule has 1 saturated carbocycles. The molecule has 0 aromatic heterocycles. The fraction of sp³-hybridized carbons (Fsp3) is 0.588. The van der Waals surface area contributed by atoms with Crippen LogP contribution in [0.25, 0.3) is 0 Å². The molecule has 0 saturated heterocycles. The van der Waals surface area contributed by atoms with Crippen LogP contribution in [0.5, 0.6) is 0 Å². The second-order valence-corrected chi connectivity index (χ2v) is 8.48. The predicted molar refractivity (Wildman–Crippen MR) is 92.2 cm³/mol. The van der Waals surface area contributed by atoms with E-state index in [2.05, 4.69) is 54.6 Å². The maximum atomic E-state index is 11.1. The Morgan fingerprint density at radius 3 is 0.846 bits per heavy atom. The zero-order valence-corrected chi connectivity index (χ0v) is 19.7. The van der Waals surface area contributed by atoms with E-state index in [4.69, 9.17) is 0 Å². The molecule has 26 heavy (non-hydrogen) atoms. The van der Waals surface area contributed by atoms with Gasteiger partial charge in [0.2, 0.25) is 0 Å². The summed E-state index contributed by atoms with van der Waals surface area (Å²) in [6.07, 6.45) is -10.1. The van der Waals surface area contributed by atoms with Gasteiger partial charge in [0, 0.05) is 0 Å². The van der Waals surface area contributed by atoms with Gasteiger partial charge in [-0.2, -0.15) is 13.2 Å². The van der Waals surface area contributed by atoms with Gasteiger partial charge in [-0.05, 0) is 49.6 Å². The molecule has 0 aliphatic heterocycles. The van der Waals surface area contributed by atoms with Gasteiger partial charge in [-0.3, -0.25) is 0 Å². The fourth-order valence-corrected chi connectivity index (χ4v) is 1.51. The second-order valence-electron chi connectivity index (χ2n) is 5.80. The minimum Gasteiger partial charge on any atom is -0.415 e. The number of hydrogen-bond donors (Lipinski definition) is 0. The van der Waals surface area contributed by atoms with Crippen LogP contribution in [0.15, 0.2) is 0 Å². The van der Waals surface area contributed by atoms with Gasteiger partial charge in [0.05, 0.1) is 6.43 Å². The average molecular weight is 588 g/mol. The molecule has 0 nitrogen and oxygen atoms in total. The Labute approximate surface area is 169 Å². The van der Waals surface area contributed by atoms with Crippen LogP contribution in [0.2, 0.25) is 0 Å². The molecule has 5 radical (unpaired) electrons. The van der Waals surface area contributed by atoms with Crippen molar-refractivity contribution in [1.82, 2.24) is 0 Å². The first-order valence-electron chi connectivity index (χ1n) is 6.91. The van der Waals surface area contributed by atoms with Gasteiger partial charge in [-0.15, -0.1) is 7.92 Å². The van der Waals surface area contributed by atoms with Crippen molar-refractivity contribution in [1.29, 1.82) is 0 Å². The molecule has 1 rings (SSSR count). The molecule has 1 aliphatic carbocycles. The summed E-state index contributed by atoms with van der Waals surface area (Å²) in [5.41, 5.74) is 0. The molecule has 0 heterocycles. The van der Waals surface area contributed by atoms with E-state index in [0.29, 0.717) is 7.92 Å². The third-order valence-corrected chi connectivity index (χ3v) is 3.41. The largest absolute Gasteiger partial charge is 3.00 e. The van der Waals surface area contributed by atoms with E-state index >= 15 is 0 Å². The summed E-state index contributed by atoms with van der Waals surface area (Å²) in [7, 11) is 0.380. The Kier molecular flexibility index (Phi) is 18.0. The normalized spacial score (nSPS) is 17.9. The summed E-state index contributed by atoms with van der Waals surface area (Å²) in [5, 5.41) is 0. The van der Waals surface area contributed by atoms with E-state index in [0.717, 1.165) is 0 Å². The first kappa shape index (κ1) is 34.1. The quantitative estimate of drug-likeness (QED) is 0.171. The average Bonchev–Trinajstić information content (AvgIpc) is 2.56. The molecule has 0 aromatic rings. The molecule has 157 valence electrons. The maximum Gasteiger partial charge on any atom is 3.00 e. The van der Waals surface area contributed by atoms with Crippen molar-refractivity contribution in [2.45, 2.75) is 46.7 Å². The molecule has 0 atom stereocenters. The minimum atomic E-state index is -6.20. The SMILES string of the molecule is CP(C)C.C[C]1[C](C)[C](C)[C](C)[C]1C.F[C-](F)C(F)(F)C(F)(F)F.[CH3-].[Ir+3]. The topological polar surface area (TPSA) is 0 Å². The van der Waals surface area contributed by atoms with E-state index in [1.54, 1.807) is 0 Å². The number of rotatable bonds is 1. The Hall–Kier alpha value is 0.589. The van der Waals surface area contributed by atoms with Gasteiger partial charge < -0.3 is 16.2 Å². The number of hydrogen-bond acceptors (Lipinski definition) is 0. The molecular weight excluding hydrogens is 560 g/mol. The van der Waals surface area contributed by atoms with E-state index in [1.807, 2.05) is 0 Å². The smallest absolute Gasteiger partial charge is 0.415 e. The third kappa shape index (κ3) is 10.8. The van der Waals surface area contributed by atoms with E-state index in [1.165, 1.54) is 29.6 Å². The van der Waals surface area contributed by atoms with Crippen LogP contribution in [-0.2, 0) is 20.1 Å². The van der Waals surface area contributed by atoms with Crippen LogP contribution in [0, 0.1) is 43.4 Å². The van der Waals surface area contributed by atoms with Gasteiger partial charge in [-0.1, -0.05) is 34.6 Å². The molecule has 0 spiro atoms. The van der Waals surface area contributed by atoms with Gasteiger partial charge in [-0.25, -0.2) is 8.78 Å². The van der Waals surface area contributed by atoms with Crippen molar-refractivity contribution < 1.29 is 50.8 Å². The minimum absolute atomic E-state index is 0. The van der Waals surface area contributed by atoms with Crippen LogP contribution < -0.4 is 0 Å². The van der Waals surface area contributed by atoms with Crippen molar-refractivity contribution in [2.24, 2.45) is 0 Å².